The Morgan fingerprint density at radius 1 is 1.16 bits per heavy atom. The second-order valence-corrected chi connectivity index (χ2v) is 7.51. The highest BCUT2D eigenvalue weighted by molar-refractivity contribution is 5.58. The van der Waals surface area contributed by atoms with Gasteiger partial charge in [0, 0.05) is 24.7 Å². The van der Waals surface area contributed by atoms with Gasteiger partial charge in [0.25, 0.3) is 0 Å². The van der Waals surface area contributed by atoms with Gasteiger partial charge in [-0.2, -0.15) is 0 Å². The summed E-state index contributed by atoms with van der Waals surface area (Å²) in [5.41, 5.74) is 9.45. The number of likely N-dealkylation sites (tertiary alicyclic amines) is 1. The zero-order chi connectivity index (χ0) is 17.1. The number of benzene rings is 1. The molecule has 2 aliphatic heterocycles. The van der Waals surface area contributed by atoms with Gasteiger partial charge in [0.05, 0.1) is 6.26 Å². The van der Waals surface area contributed by atoms with Crippen LogP contribution in [0.25, 0.3) is 11.3 Å². The van der Waals surface area contributed by atoms with Crippen molar-refractivity contribution in [2.24, 2.45) is 11.8 Å². The minimum Gasteiger partial charge on any atom is -0.464 e. The molecule has 1 aromatic carbocycles. The van der Waals surface area contributed by atoms with Crippen LogP contribution in [0.1, 0.15) is 31.7 Å². The number of rotatable bonds is 5. The van der Waals surface area contributed by atoms with E-state index in [4.69, 9.17) is 4.42 Å². The van der Waals surface area contributed by atoms with Crippen LogP contribution in [-0.2, 0) is 6.54 Å². The van der Waals surface area contributed by atoms with Crippen molar-refractivity contribution in [1.29, 1.82) is 0 Å². The summed E-state index contributed by atoms with van der Waals surface area (Å²) in [7, 11) is 0. The summed E-state index contributed by atoms with van der Waals surface area (Å²) >= 11 is 0. The van der Waals surface area contributed by atoms with E-state index in [0.717, 1.165) is 30.7 Å². The van der Waals surface area contributed by atoms with Gasteiger partial charge >= 0.3 is 0 Å². The number of nitrogens with zero attached hydrogens (tertiary/aromatic N) is 1. The molecule has 4 nitrogen and oxygen atoms in total. The molecule has 3 heterocycles. The van der Waals surface area contributed by atoms with Gasteiger partial charge in [0.1, 0.15) is 5.76 Å². The Morgan fingerprint density at radius 2 is 2.04 bits per heavy atom. The van der Waals surface area contributed by atoms with Gasteiger partial charge in [-0.3, -0.25) is 15.8 Å². The fourth-order valence-corrected chi connectivity index (χ4v) is 4.45. The summed E-state index contributed by atoms with van der Waals surface area (Å²) in [6.45, 7) is 6.87. The number of furan rings is 1. The second kappa shape index (κ2) is 7.73. The third-order valence-electron chi connectivity index (χ3n) is 5.94. The molecule has 0 bridgehead atoms. The Hall–Kier alpha value is -1.62. The van der Waals surface area contributed by atoms with E-state index in [9.17, 15) is 0 Å². The van der Waals surface area contributed by atoms with E-state index in [1.54, 1.807) is 6.26 Å². The monoisotopic (exact) mass is 339 g/mol. The molecule has 0 amide bonds. The van der Waals surface area contributed by atoms with Crippen molar-refractivity contribution in [3.05, 3.63) is 48.2 Å². The van der Waals surface area contributed by atoms with Crippen LogP contribution in [0.15, 0.2) is 47.1 Å². The van der Waals surface area contributed by atoms with E-state index < -0.39 is 0 Å². The SMILES string of the molecule is CCC1CNNC1C1CCN(Cc2cccc(-c3ccco3)c2)CC1. The lowest BCUT2D eigenvalue weighted by molar-refractivity contribution is 0.143. The van der Waals surface area contributed by atoms with Crippen molar-refractivity contribution in [1.82, 2.24) is 15.8 Å². The van der Waals surface area contributed by atoms with Crippen molar-refractivity contribution < 1.29 is 4.42 Å². The Balaban J connectivity index is 1.34. The fraction of sp³-hybridized carbons (Fsp3) is 0.524. The predicted molar refractivity (Wildman–Crippen MR) is 101 cm³/mol. The molecular weight excluding hydrogens is 310 g/mol. The third-order valence-corrected chi connectivity index (χ3v) is 5.94. The van der Waals surface area contributed by atoms with Gasteiger partial charge in [-0.1, -0.05) is 31.5 Å². The summed E-state index contributed by atoms with van der Waals surface area (Å²) in [6, 6.07) is 13.4. The molecular formula is C21H29N3O. The first-order valence-electron chi connectivity index (χ1n) is 9.67. The van der Waals surface area contributed by atoms with Gasteiger partial charge in [-0.05, 0) is 61.5 Å². The van der Waals surface area contributed by atoms with Gasteiger partial charge in [-0.25, -0.2) is 0 Å². The summed E-state index contributed by atoms with van der Waals surface area (Å²) in [6.07, 6.45) is 5.61. The highest BCUT2D eigenvalue weighted by Crippen LogP contribution is 2.29. The van der Waals surface area contributed by atoms with Crippen LogP contribution in [-0.4, -0.2) is 30.6 Å². The minimum atomic E-state index is 0.662. The minimum absolute atomic E-state index is 0.662. The summed E-state index contributed by atoms with van der Waals surface area (Å²) in [4.78, 5) is 2.60. The fourth-order valence-electron chi connectivity index (χ4n) is 4.45. The Kier molecular flexibility index (Phi) is 5.20. The smallest absolute Gasteiger partial charge is 0.133 e. The van der Waals surface area contributed by atoms with Crippen molar-refractivity contribution >= 4 is 0 Å². The van der Waals surface area contributed by atoms with E-state index >= 15 is 0 Å². The van der Waals surface area contributed by atoms with Gasteiger partial charge in [0.2, 0.25) is 0 Å². The molecule has 134 valence electrons. The van der Waals surface area contributed by atoms with E-state index in [1.165, 1.54) is 43.5 Å². The summed E-state index contributed by atoms with van der Waals surface area (Å²) in [5, 5.41) is 0. The maximum absolute atomic E-state index is 5.53. The first kappa shape index (κ1) is 16.8. The van der Waals surface area contributed by atoms with Gasteiger partial charge in [-0.15, -0.1) is 0 Å². The Morgan fingerprint density at radius 3 is 2.80 bits per heavy atom. The van der Waals surface area contributed by atoms with Crippen LogP contribution in [0.3, 0.4) is 0 Å². The standard InChI is InChI=1S/C21H29N3O/c1-2-17-14-22-23-21(17)18-8-10-24(11-9-18)15-16-5-3-6-19(13-16)20-7-4-12-25-20/h3-7,12-13,17-18,21-23H,2,8-11,14-15H2,1H3. The maximum Gasteiger partial charge on any atom is 0.133 e. The van der Waals surface area contributed by atoms with Crippen molar-refractivity contribution in [3.8, 4) is 11.3 Å². The molecule has 2 atom stereocenters. The molecule has 0 aliphatic carbocycles. The zero-order valence-electron chi connectivity index (χ0n) is 15.1. The molecule has 2 fully saturated rings. The quantitative estimate of drug-likeness (QED) is 0.872. The average Bonchev–Trinajstić information content (AvgIpc) is 3.34. The molecule has 25 heavy (non-hydrogen) atoms. The predicted octanol–water partition coefficient (Wildman–Crippen LogP) is 3.66. The van der Waals surface area contributed by atoms with Crippen molar-refractivity contribution in [2.45, 2.75) is 38.8 Å². The molecule has 2 aliphatic rings. The lowest BCUT2D eigenvalue weighted by atomic mass is 9.82. The van der Waals surface area contributed by atoms with E-state index in [0.29, 0.717) is 6.04 Å². The second-order valence-electron chi connectivity index (χ2n) is 7.51. The van der Waals surface area contributed by atoms with Crippen molar-refractivity contribution in [2.75, 3.05) is 19.6 Å². The van der Waals surface area contributed by atoms with E-state index in [-0.39, 0.29) is 0 Å². The van der Waals surface area contributed by atoms with Crippen LogP contribution in [0.5, 0.6) is 0 Å². The third kappa shape index (κ3) is 3.81. The normalized spacial score (nSPS) is 25.5. The summed E-state index contributed by atoms with van der Waals surface area (Å²) < 4.78 is 5.53. The van der Waals surface area contributed by atoms with E-state index in [2.05, 4.69) is 46.9 Å². The molecule has 2 unspecified atom stereocenters. The first-order chi connectivity index (χ1) is 12.3. The number of piperidine rings is 1. The Labute approximate surface area is 150 Å². The zero-order valence-corrected chi connectivity index (χ0v) is 15.1. The highest BCUT2D eigenvalue weighted by Gasteiger charge is 2.34. The average molecular weight is 339 g/mol. The highest BCUT2D eigenvalue weighted by atomic mass is 16.3. The largest absolute Gasteiger partial charge is 0.464 e. The number of hydrogen-bond acceptors (Lipinski definition) is 4. The van der Waals surface area contributed by atoms with Crippen LogP contribution in [0.4, 0.5) is 0 Å². The van der Waals surface area contributed by atoms with Gasteiger partial charge in [0.15, 0.2) is 0 Å². The summed E-state index contributed by atoms with van der Waals surface area (Å²) in [5.74, 6) is 2.55. The molecule has 0 radical (unpaired) electrons. The molecule has 4 rings (SSSR count). The lowest BCUT2D eigenvalue weighted by Crippen LogP contribution is -2.44. The van der Waals surface area contributed by atoms with Gasteiger partial charge < -0.3 is 4.42 Å². The molecule has 2 aromatic rings. The molecule has 0 spiro atoms. The lowest BCUT2D eigenvalue weighted by Gasteiger charge is -2.36. The number of hydrazine groups is 1. The molecule has 2 N–H and O–H groups in total. The maximum atomic E-state index is 5.53. The van der Waals surface area contributed by atoms with Crippen LogP contribution < -0.4 is 10.9 Å². The van der Waals surface area contributed by atoms with Crippen LogP contribution >= 0.6 is 0 Å². The molecule has 1 aromatic heterocycles. The number of hydrogen-bond donors (Lipinski definition) is 2. The number of nitrogens with one attached hydrogen (secondary N) is 2. The van der Waals surface area contributed by atoms with E-state index in [1.807, 2.05) is 12.1 Å². The van der Waals surface area contributed by atoms with Crippen molar-refractivity contribution in [3.63, 3.8) is 0 Å². The molecule has 2 saturated heterocycles. The first-order valence-corrected chi connectivity index (χ1v) is 9.67. The van der Waals surface area contributed by atoms with Crippen LogP contribution in [0.2, 0.25) is 0 Å². The molecule has 4 heteroatoms. The topological polar surface area (TPSA) is 40.4 Å². The molecule has 0 saturated carbocycles. The Bertz CT molecular complexity index is 662. The van der Waals surface area contributed by atoms with Crippen LogP contribution in [0, 0.1) is 11.8 Å².